The van der Waals surface area contributed by atoms with Crippen LogP contribution in [0.25, 0.3) is 0 Å². The molecule has 0 bridgehead atoms. The molecule has 0 aliphatic heterocycles. The van der Waals surface area contributed by atoms with Crippen LogP contribution in [-0.4, -0.2) is 36.1 Å². The maximum absolute atomic E-state index is 12.4. The smallest absolute Gasteiger partial charge is 0.326 e. The van der Waals surface area contributed by atoms with Crippen molar-refractivity contribution in [3.8, 4) is 0 Å². The van der Waals surface area contributed by atoms with Gasteiger partial charge in [0, 0.05) is 12.3 Å². The van der Waals surface area contributed by atoms with Gasteiger partial charge in [0.05, 0.1) is 7.11 Å². The fourth-order valence-corrected chi connectivity index (χ4v) is 2.87. The van der Waals surface area contributed by atoms with Crippen molar-refractivity contribution in [3.63, 3.8) is 0 Å². The van der Waals surface area contributed by atoms with Gasteiger partial charge in [-0.05, 0) is 24.7 Å². The number of carbonyl (C=O) groups excluding carboxylic acids is 2. The number of carboxylic acids is 1. The highest BCUT2D eigenvalue weighted by atomic mass is 16.5. The minimum absolute atomic E-state index is 0.0260. The van der Waals surface area contributed by atoms with E-state index in [0.717, 1.165) is 25.7 Å². The van der Waals surface area contributed by atoms with E-state index in [9.17, 15) is 14.4 Å². The summed E-state index contributed by atoms with van der Waals surface area (Å²) in [6.07, 6.45) is 3.85. The number of methoxy groups -OCH3 is 1. The molecule has 0 aromatic heterocycles. The van der Waals surface area contributed by atoms with Crippen LogP contribution in [0.2, 0.25) is 0 Å². The molecule has 0 spiro atoms. The fourth-order valence-electron chi connectivity index (χ4n) is 2.87. The van der Waals surface area contributed by atoms with E-state index in [2.05, 4.69) is 10.1 Å². The first-order valence-electron chi connectivity index (χ1n) is 7.38. The first-order chi connectivity index (χ1) is 9.77. The average molecular weight is 299 g/mol. The molecule has 1 saturated carbocycles. The molecule has 2 unspecified atom stereocenters. The number of hydrogen-bond donors (Lipinski definition) is 2. The number of aliphatic carboxylic acids is 1. The molecule has 1 aliphatic rings. The van der Waals surface area contributed by atoms with Crippen molar-refractivity contribution >= 4 is 17.8 Å². The Morgan fingerprint density at radius 3 is 2.52 bits per heavy atom. The van der Waals surface area contributed by atoms with Crippen molar-refractivity contribution in [2.75, 3.05) is 7.11 Å². The summed E-state index contributed by atoms with van der Waals surface area (Å²) >= 11 is 0. The van der Waals surface area contributed by atoms with Gasteiger partial charge in [-0.1, -0.05) is 26.7 Å². The second kappa shape index (κ2) is 7.43. The molecule has 1 amide bonds. The van der Waals surface area contributed by atoms with Crippen LogP contribution in [0.1, 0.15) is 52.4 Å². The lowest BCUT2D eigenvalue weighted by Gasteiger charge is -2.38. The van der Waals surface area contributed by atoms with Crippen molar-refractivity contribution in [1.29, 1.82) is 0 Å². The van der Waals surface area contributed by atoms with Gasteiger partial charge in [-0.3, -0.25) is 9.59 Å². The minimum atomic E-state index is -1.12. The Morgan fingerprint density at radius 1 is 1.33 bits per heavy atom. The van der Waals surface area contributed by atoms with Crippen molar-refractivity contribution in [2.24, 2.45) is 11.3 Å². The Kier molecular flexibility index (Phi) is 6.18. The summed E-state index contributed by atoms with van der Waals surface area (Å²) in [6.45, 7) is 4.08. The molecule has 0 aromatic rings. The van der Waals surface area contributed by atoms with Crippen molar-refractivity contribution in [3.05, 3.63) is 0 Å². The molecule has 1 rings (SSSR count). The highest BCUT2D eigenvalue weighted by Gasteiger charge is 2.38. The SMILES string of the molecule is COC(=O)CCC(NC(=O)C1CCCCC1(C)C)C(=O)O. The summed E-state index contributed by atoms with van der Waals surface area (Å²) in [5.41, 5.74) is -0.117. The molecule has 0 saturated heterocycles. The molecule has 120 valence electrons. The maximum atomic E-state index is 12.4. The van der Waals surface area contributed by atoms with Crippen LogP contribution in [-0.2, 0) is 19.1 Å². The summed E-state index contributed by atoms with van der Waals surface area (Å²) in [6, 6.07) is -1.05. The Bertz CT molecular complexity index is 405. The normalized spacial score (nSPS) is 22.1. The zero-order chi connectivity index (χ0) is 16.0. The van der Waals surface area contributed by atoms with Crippen LogP contribution in [0.4, 0.5) is 0 Å². The number of ether oxygens (including phenoxy) is 1. The maximum Gasteiger partial charge on any atom is 0.326 e. The van der Waals surface area contributed by atoms with E-state index in [1.165, 1.54) is 7.11 Å². The number of nitrogens with one attached hydrogen (secondary N) is 1. The molecule has 0 aromatic carbocycles. The Labute approximate surface area is 125 Å². The molecular formula is C15H25NO5. The number of hydrogen-bond acceptors (Lipinski definition) is 4. The van der Waals surface area contributed by atoms with E-state index in [1.54, 1.807) is 0 Å². The molecule has 0 radical (unpaired) electrons. The van der Waals surface area contributed by atoms with Gasteiger partial charge in [-0.2, -0.15) is 0 Å². The molecule has 6 nitrogen and oxygen atoms in total. The van der Waals surface area contributed by atoms with E-state index in [4.69, 9.17) is 5.11 Å². The van der Waals surface area contributed by atoms with Crippen LogP contribution in [0.3, 0.4) is 0 Å². The van der Waals surface area contributed by atoms with Gasteiger partial charge in [0.15, 0.2) is 0 Å². The third-order valence-corrected chi connectivity index (χ3v) is 4.30. The number of carbonyl (C=O) groups is 3. The molecular weight excluding hydrogens is 274 g/mol. The molecule has 2 N–H and O–H groups in total. The van der Waals surface area contributed by atoms with E-state index < -0.39 is 18.0 Å². The van der Waals surface area contributed by atoms with Crippen LogP contribution in [0.5, 0.6) is 0 Å². The lowest BCUT2D eigenvalue weighted by atomic mass is 9.68. The highest BCUT2D eigenvalue weighted by Crippen LogP contribution is 2.40. The molecule has 6 heteroatoms. The second-order valence-corrected chi connectivity index (χ2v) is 6.30. The van der Waals surface area contributed by atoms with Crippen molar-refractivity contribution in [2.45, 2.75) is 58.4 Å². The van der Waals surface area contributed by atoms with Gasteiger partial charge in [-0.25, -0.2) is 4.79 Å². The fraction of sp³-hybridized carbons (Fsp3) is 0.800. The van der Waals surface area contributed by atoms with Crippen molar-refractivity contribution < 1.29 is 24.2 Å². The first kappa shape index (κ1) is 17.5. The molecule has 21 heavy (non-hydrogen) atoms. The van der Waals surface area contributed by atoms with Gasteiger partial charge in [0.25, 0.3) is 0 Å². The molecule has 0 heterocycles. The van der Waals surface area contributed by atoms with Crippen LogP contribution in [0, 0.1) is 11.3 Å². The summed E-state index contributed by atoms with van der Waals surface area (Å²) < 4.78 is 4.49. The van der Waals surface area contributed by atoms with E-state index in [0.29, 0.717) is 0 Å². The lowest BCUT2D eigenvalue weighted by Crippen LogP contribution is -2.48. The Morgan fingerprint density at radius 2 is 2.00 bits per heavy atom. The summed E-state index contributed by atoms with van der Waals surface area (Å²) in [7, 11) is 1.25. The minimum Gasteiger partial charge on any atom is -0.480 e. The first-order valence-corrected chi connectivity index (χ1v) is 7.38. The number of carboxylic acid groups (broad SMARTS) is 1. The van der Waals surface area contributed by atoms with Gasteiger partial charge in [0.1, 0.15) is 6.04 Å². The van der Waals surface area contributed by atoms with Gasteiger partial charge in [-0.15, -0.1) is 0 Å². The zero-order valence-electron chi connectivity index (χ0n) is 13.0. The number of rotatable bonds is 6. The summed E-state index contributed by atoms with van der Waals surface area (Å²) in [5, 5.41) is 11.7. The highest BCUT2D eigenvalue weighted by molar-refractivity contribution is 5.85. The van der Waals surface area contributed by atoms with E-state index in [-0.39, 0.29) is 30.1 Å². The average Bonchev–Trinajstić information content (AvgIpc) is 2.41. The summed E-state index contributed by atoms with van der Waals surface area (Å²) in [5.74, 6) is -2.00. The second-order valence-electron chi connectivity index (χ2n) is 6.30. The number of amides is 1. The standard InChI is InChI=1S/C15H25NO5/c1-15(2)9-5-4-6-10(15)13(18)16-11(14(19)20)7-8-12(17)21-3/h10-11H,4-9H2,1-3H3,(H,16,18)(H,19,20). The van der Waals surface area contributed by atoms with Crippen LogP contribution >= 0.6 is 0 Å². The predicted octanol–water partition coefficient (Wildman–Crippen LogP) is 1.73. The predicted molar refractivity (Wildman–Crippen MR) is 76.6 cm³/mol. The quantitative estimate of drug-likeness (QED) is 0.729. The molecule has 1 fully saturated rings. The lowest BCUT2D eigenvalue weighted by molar-refractivity contribution is -0.145. The largest absolute Gasteiger partial charge is 0.480 e. The zero-order valence-corrected chi connectivity index (χ0v) is 13.0. The van der Waals surface area contributed by atoms with Gasteiger partial charge in [0.2, 0.25) is 5.91 Å². The van der Waals surface area contributed by atoms with Gasteiger partial charge >= 0.3 is 11.9 Å². The monoisotopic (exact) mass is 299 g/mol. The van der Waals surface area contributed by atoms with Crippen LogP contribution < -0.4 is 5.32 Å². The molecule has 2 atom stereocenters. The topological polar surface area (TPSA) is 92.7 Å². The third kappa shape index (κ3) is 5.02. The van der Waals surface area contributed by atoms with Crippen LogP contribution in [0.15, 0.2) is 0 Å². The van der Waals surface area contributed by atoms with Crippen molar-refractivity contribution in [1.82, 2.24) is 5.32 Å². The Hall–Kier alpha value is -1.59. The third-order valence-electron chi connectivity index (χ3n) is 4.30. The Balaban J connectivity index is 2.63. The van der Waals surface area contributed by atoms with Gasteiger partial charge < -0.3 is 15.2 Å². The number of esters is 1. The van der Waals surface area contributed by atoms with E-state index >= 15 is 0 Å². The summed E-state index contributed by atoms with van der Waals surface area (Å²) in [4.78, 5) is 34.7. The molecule has 1 aliphatic carbocycles. The van der Waals surface area contributed by atoms with E-state index in [1.807, 2.05) is 13.8 Å².